The number of nitrogens with one attached hydrogen (secondary N) is 1. The zero-order valence-electron chi connectivity index (χ0n) is 8.39. The highest BCUT2D eigenvalue weighted by Crippen LogP contribution is 2.33. The Balaban J connectivity index is 2.11. The van der Waals surface area contributed by atoms with Crippen LogP contribution in [0, 0.1) is 0 Å². The number of imidazole rings is 1. The van der Waals surface area contributed by atoms with Crippen LogP contribution in [-0.2, 0) is 4.74 Å². The number of hydrogen-bond acceptors (Lipinski definition) is 6. The molecule has 1 unspecified atom stereocenters. The second kappa shape index (κ2) is 4.36. The molecule has 15 heavy (non-hydrogen) atoms. The Bertz CT molecular complexity index is 356. The Hall–Kier alpha value is -0.820. The minimum absolute atomic E-state index is 0.267. The number of aromatic nitrogens is 2. The molecule has 2 heterocycles. The molecule has 1 aliphatic rings. The summed E-state index contributed by atoms with van der Waals surface area (Å²) in [6, 6.07) is 0. The van der Waals surface area contributed by atoms with Gasteiger partial charge in [0.15, 0.2) is 10.9 Å². The Kier molecular flexibility index (Phi) is 3.11. The van der Waals surface area contributed by atoms with E-state index in [0.29, 0.717) is 12.3 Å². The van der Waals surface area contributed by atoms with Crippen LogP contribution in [0.15, 0.2) is 11.4 Å². The molecule has 1 N–H and O–H groups in total. The van der Waals surface area contributed by atoms with E-state index < -0.39 is 0 Å². The van der Waals surface area contributed by atoms with Crippen LogP contribution in [0.5, 0.6) is 0 Å². The Labute approximate surface area is 95.9 Å². The minimum atomic E-state index is -0.373. The van der Waals surface area contributed by atoms with Gasteiger partial charge in [-0.25, -0.2) is 14.5 Å². The average molecular weight is 245 g/mol. The molecule has 0 radical (unpaired) electrons. The third-order valence-electron chi connectivity index (χ3n) is 1.83. The molecule has 7 heteroatoms. The van der Waals surface area contributed by atoms with E-state index in [1.165, 1.54) is 0 Å². The predicted octanol–water partition coefficient (Wildman–Crippen LogP) is 1.36. The standard InChI is InChI=1S/C8H11N3O2S2/c1-3-13-6(12)5-4-11-7(9-5)15-8(10-11)14-2/h4,8,10H,3H2,1-2H3. The van der Waals surface area contributed by atoms with Crippen LogP contribution in [0.3, 0.4) is 0 Å². The molecular weight excluding hydrogens is 234 g/mol. The number of rotatable bonds is 3. The summed E-state index contributed by atoms with van der Waals surface area (Å²) in [5.41, 5.74) is 3.53. The summed E-state index contributed by atoms with van der Waals surface area (Å²) in [6.45, 7) is 2.15. The molecule has 1 atom stereocenters. The lowest BCUT2D eigenvalue weighted by molar-refractivity contribution is 0.0519. The van der Waals surface area contributed by atoms with Crippen molar-refractivity contribution in [2.75, 3.05) is 18.3 Å². The molecule has 0 spiro atoms. The molecule has 5 nitrogen and oxygen atoms in total. The van der Waals surface area contributed by atoms with E-state index in [9.17, 15) is 4.79 Å². The van der Waals surface area contributed by atoms with Crippen molar-refractivity contribution in [3.05, 3.63) is 11.9 Å². The van der Waals surface area contributed by atoms with Crippen molar-refractivity contribution in [2.24, 2.45) is 0 Å². The molecule has 82 valence electrons. The monoisotopic (exact) mass is 245 g/mol. The maximum absolute atomic E-state index is 11.4. The summed E-state index contributed by atoms with van der Waals surface area (Å²) < 4.78 is 6.89. The third-order valence-corrected chi connectivity index (χ3v) is 4.05. The molecular formula is C8H11N3O2S2. The fourth-order valence-corrected chi connectivity index (χ4v) is 2.77. The van der Waals surface area contributed by atoms with Crippen molar-refractivity contribution >= 4 is 29.5 Å². The van der Waals surface area contributed by atoms with E-state index in [4.69, 9.17) is 4.74 Å². The number of fused-ring (bicyclic) bond motifs is 1. The smallest absolute Gasteiger partial charge is 0.358 e. The molecule has 0 saturated carbocycles. The van der Waals surface area contributed by atoms with Crippen LogP contribution in [0.2, 0.25) is 0 Å². The number of carbonyl (C=O) groups is 1. The van der Waals surface area contributed by atoms with Gasteiger partial charge in [0.25, 0.3) is 0 Å². The number of ether oxygens (including phenoxy) is 1. The van der Waals surface area contributed by atoms with Crippen molar-refractivity contribution in [3.63, 3.8) is 0 Å². The van der Waals surface area contributed by atoms with E-state index >= 15 is 0 Å². The Morgan fingerprint density at radius 2 is 2.67 bits per heavy atom. The number of thioether (sulfide) groups is 2. The van der Waals surface area contributed by atoms with Crippen molar-refractivity contribution < 1.29 is 9.53 Å². The predicted molar refractivity (Wildman–Crippen MR) is 60.7 cm³/mol. The second-order valence-electron chi connectivity index (χ2n) is 2.81. The lowest BCUT2D eigenvalue weighted by Gasteiger charge is -2.05. The van der Waals surface area contributed by atoms with Crippen LogP contribution < -0.4 is 5.43 Å². The minimum Gasteiger partial charge on any atom is -0.461 e. The maximum Gasteiger partial charge on any atom is 0.358 e. The maximum atomic E-state index is 11.4. The summed E-state index contributed by atoms with van der Waals surface area (Å²) in [4.78, 5) is 15.5. The highest BCUT2D eigenvalue weighted by molar-refractivity contribution is 8.16. The van der Waals surface area contributed by atoms with Gasteiger partial charge in [-0.1, -0.05) is 0 Å². The molecule has 1 aliphatic heterocycles. The summed E-state index contributed by atoms with van der Waals surface area (Å²) in [6.07, 6.45) is 3.68. The van der Waals surface area contributed by atoms with E-state index in [0.717, 1.165) is 5.16 Å². The topological polar surface area (TPSA) is 56.2 Å². The first kappa shape index (κ1) is 10.7. The summed E-state index contributed by atoms with van der Waals surface area (Å²) in [5, 5.41) is 0.803. The van der Waals surface area contributed by atoms with Gasteiger partial charge in [-0.2, -0.15) is 0 Å². The largest absolute Gasteiger partial charge is 0.461 e. The van der Waals surface area contributed by atoms with Gasteiger partial charge < -0.3 is 10.2 Å². The molecule has 0 fully saturated rings. The van der Waals surface area contributed by atoms with Crippen LogP contribution in [0.4, 0.5) is 0 Å². The zero-order chi connectivity index (χ0) is 10.8. The van der Waals surface area contributed by atoms with Crippen LogP contribution in [-0.4, -0.2) is 33.2 Å². The van der Waals surface area contributed by atoms with Gasteiger partial charge in [0.2, 0.25) is 0 Å². The molecule has 0 aromatic carbocycles. The van der Waals surface area contributed by atoms with Crippen LogP contribution >= 0.6 is 23.5 Å². The highest BCUT2D eigenvalue weighted by Gasteiger charge is 2.25. The molecule has 0 bridgehead atoms. The first-order valence-electron chi connectivity index (χ1n) is 4.47. The van der Waals surface area contributed by atoms with Gasteiger partial charge in [-0.3, -0.25) is 0 Å². The van der Waals surface area contributed by atoms with Gasteiger partial charge in [0.1, 0.15) is 4.71 Å². The quantitative estimate of drug-likeness (QED) is 0.811. The number of carbonyl (C=O) groups excluding carboxylic acids is 1. The van der Waals surface area contributed by atoms with Crippen molar-refractivity contribution in [1.29, 1.82) is 0 Å². The summed E-state index contributed by atoms with van der Waals surface area (Å²) in [7, 11) is 0. The van der Waals surface area contributed by atoms with E-state index in [1.54, 1.807) is 41.3 Å². The summed E-state index contributed by atoms with van der Waals surface area (Å²) >= 11 is 3.28. The summed E-state index contributed by atoms with van der Waals surface area (Å²) in [5.74, 6) is -0.373. The van der Waals surface area contributed by atoms with Gasteiger partial charge in [0, 0.05) is 0 Å². The van der Waals surface area contributed by atoms with Crippen molar-refractivity contribution in [1.82, 2.24) is 9.66 Å². The molecule has 0 aliphatic carbocycles. The van der Waals surface area contributed by atoms with Crippen LogP contribution in [0.25, 0.3) is 0 Å². The Morgan fingerprint density at radius 1 is 1.87 bits per heavy atom. The van der Waals surface area contributed by atoms with E-state index in [-0.39, 0.29) is 10.7 Å². The molecule has 2 rings (SSSR count). The lowest BCUT2D eigenvalue weighted by atomic mass is 10.5. The van der Waals surface area contributed by atoms with Crippen molar-refractivity contribution in [2.45, 2.75) is 16.8 Å². The molecule has 0 amide bonds. The third kappa shape index (κ3) is 2.07. The number of esters is 1. The Morgan fingerprint density at radius 3 is 3.27 bits per heavy atom. The normalized spacial score (nSPS) is 18.4. The highest BCUT2D eigenvalue weighted by atomic mass is 32.2. The molecule has 1 aromatic heterocycles. The van der Waals surface area contributed by atoms with Gasteiger partial charge >= 0.3 is 5.97 Å². The molecule has 1 aromatic rings. The fraction of sp³-hybridized carbons (Fsp3) is 0.500. The lowest BCUT2D eigenvalue weighted by Crippen LogP contribution is -2.14. The molecule has 0 saturated heterocycles. The van der Waals surface area contributed by atoms with Gasteiger partial charge in [0.05, 0.1) is 12.8 Å². The van der Waals surface area contributed by atoms with E-state index in [2.05, 4.69) is 10.4 Å². The van der Waals surface area contributed by atoms with Crippen molar-refractivity contribution in [3.8, 4) is 0 Å². The second-order valence-corrected chi connectivity index (χ2v) is 5.13. The van der Waals surface area contributed by atoms with Gasteiger partial charge in [-0.05, 0) is 24.9 Å². The number of hydrogen-bond donors (Lipinski definition) is 1. The first-order chi connectivity index (χ1) is 7.24. The zero-order valence-corrected chi connectivity index (χ0v) is 10.0. The number of nitrogens with zero attached hydrogens (tertiary/aromatic N) is 2. The van der Waals surface area contributed by atoms with Gasteiger partial charge in [-0.15, -0.1) is 11.8 Å². The van der Waals surface area contributed by atoms with Crippen LogP contribution in [0.1, 0.15) is 17.4 Å². The first-order valence-corrected chi connectivity index (χ1v) is 6.64. The van der Waals surface area contributed by atoms with E-state index in [1.807, 2.05) is 6.26 Å². The SMILES string of the molecule is CCOC(=O)c1cn2c(n1)SC(SC)N2. The average Bonchev–Trinajstić information content (AvgIpc) is 2.74. The fourth-order valence-electron chi connectivity index (χ4n) is 1.18.